The van der Waals surface area contributed by atoms with E-state index in [1.807, 2.05) is 0 Å². The van der Waals surface area contributed by atoms with Gasteiger partial charge in [0.05, 0.1) is 0 Å². The second kappa shape index (κ2) is 1.89. The van der Waals surface area contributed by atoms with E-state index in [9.17, 15) is 4.20 Å². The molecule has 5 heavy (non-hydrogen) atoms. The van der Waals surface area contributed by atoms with Gasteiger partial charge in [0.1, 0.15) is 0 Å². The van der Waals surface area contributed by atoms with E-state index in [1.165, 1.54) is 0 Å². The molecule has 1 unspecified atom stereocenters. The standard InChI is InChI=1S/Cl2FH3P2/c1-5(2,3)4/h5H,4H2. The van der Waals surface area contributed by atoms with Crippen LogP contribution in [0.2, 0.25) is 0 Å². The Labute approximate surface area is 42.2 Å². The molecule has 0 aromatic rings. The number of rotatable bonds is 0. The fraction of sp³-hybridized carbons (Fsp3) is 0. The monoisotopic (exact) mass is 154 g/mol. The first-order valence-corrected chi connectivity index (χ1v) is 6.57. The summed E-state index contributed by atoms with van der Waals surface area (Å²) in [5, 5.41) is 0. The summed E-state index contributed by atoms with van der Waals surface area (Å²) in [5.41, 5.74) is 0. The third-order valence-electron chi connectivity index (χ3n) is 0. The Morgan fingerprint density at radius 1 is 1.60 bits per heavy atom. The zero-order chi connectivity index (χ0) is 4.50. The Hall–Kier alpha value is 1.37. The predicted octanol–water partition coefficient (Wildman–Crippen LogP) is 2.72. The molecule has 0 aliphatic carbocycles. The quantitative estimate of drug-likeness (QED) is 0.471. The normalized spacial score (nSPS) is 15.2. The minimum absolute atomic E-state index is 1.72. The molecule has 0 saturated heterocycles. The molecule has 0 heterocycles. The van der Waals surface area contributed by atoms with Crippen molar-refractivity contribution in [3.8, 4) is 0 Å². The molecule has 0 radical (unpaired) electrons. The van der Waals surface area contributed by atoms with E-state index in [0.717, 1.165) is 0 Å². The van der Waals surface area contributed by atoms with Crippen molar-refractivity contribution in [1.29, 1.82) is 0 Å². The minimum atomic E-state index is -3.25. The number of halogens is 3. The molecule has 0 amide bonds. The van der Waals surface area contributed by atoms with Crippen LogP contribution < -0.4 is 0 Å². The van der Waals surface area contributed by atoms with E-state index in [2.05, 4.69) is 0 Å². The van der Waals surface area contributed by atoms with Crippen molar-refractivity contribution in [2.45, 2.75) is 0 Å². The maximum atomic E-state index is 11.3. The van der Waals surface area contributed by atoms with Gasteiger partial charge in [-0.05, 0) is 0 Å². The van der Waals surface area contributed by atoms with Gasteiger partial charge in [0, 0.05) is 0 Å². The molecule has 34 valence electrons. The van der Waals surface area contributed by atoms with Crippen LogP contribution in [-0.4, -0.2) is 0 Å². The van der Waals surface area contributed by atoms with Gasteiger partial charge >= 0.3 is 41.6 Å². The van der Waals surface area contributed by atoms with Gasteiger partial charge < -0.3 is 0 Å². The Bertz CT molecular complexity index is 23.1. The van der Waals surface area contributed by atoms with Gasteiger partial charge in [-0.15, -0.1) is 0 Å². The first-order valence-electron chi connectivity index (χ1n) is 0.856. The topological polar surface area (TPSA) is 0 Å². The van der Waals surface area contributed by atoms with E-state index in [-0.39, 0.29) is 0 Å². The molecular weight excluding hydrogens is 152 g/mol. The van der Waals surface area contributed by atoms with Crippen molar-refractivity contribution < 1.29 is 4.20 Å². The molecular formula is H3Cl2FP2. The molecule has 0 aliphatic rings. The zero-order valence-corrected chi connectivity index (χ0v) is 5.88. The van der Waals surface area contributed by atoms with Crippen LogP contribution in [0.1, 0.15) is 0 Å². The second-order valence-electron chi connectivity index (χ2n) is 0.542. The zero-order valence-electron chi connectivity index (χ0n) is 2.21. The van der Waals surface area contributed by atoms with Gasteiger partial charge in [-0.3, -0.25) is 0 Å². The molecule has 5 heteroatoms. The van der Waals surface area contributed by atoms with E-state index in [1.54, 1.807) is 8.93 Å². The molecule has 0 rings (SSSR count). The molecule has 0 aliphatic heterocycles. The molecule has 0 aromatic carbocycles. The summed E-state index contributed by atoms with van der Waals surface area (Å²) in [6.45, 7) is 0. The van der Waals surface area contributed by atoms with Gasteiger partial charge in [-0.2, -0.15) is 0 Å². The Kier molecular flexibility index (Phi) is 2.41. The average Bonchev–Trinajstić information content (AvgIpc) is 0.722. The van der Waals surface area contributed by atoms with E-state index >= 15 is 0 Å². The van der Waals surface area contributed by atoms with E-state index in [0.29, 0.717) is 0 Å². The van der Waals surface area contributed by atoms with Crippen molar-refractivity contribution in [1.82, 2.24) is 0 Å². The molecule has 0 N–H and O–H groups in total. The van der Waals surface area contributed by atoms with Crippen LogP contribution in [0.3, 0.4) is 0 Å². The number of hydrogen-bond acceptors (Lipinski definition) is 0. The Morgan fingerprint density at radius 2 is 1.60 bits per heavy atom. The summed E-state index contributed by atoms with van der Waals surface area (Å²) >= 11 is 9.46. The third-order valence-corrected chi connectivity index (χ3v) is 0. The average molecular weight is 155 g/mol. The fourth-order valence-electron chi connectivity index (χ4n) is 0. The molecule has 0 nitrogen and oxygen atoms in total. The molecule has 0 spiro atoms. The SMILES string of the molecule is F[PH](P)(Cl)Cl. The second-order valence-corrected chi connectivity index (χ2v) is 10.1. The van der Waals surface area contributed by atoms with Gasteiger partial charge in [-0.1, -0.05) is 0 Å². The molecule has 0 aromatic heterocycles. The predicted molar refractivity (Wildman–Crippen MR) is 30.8 cm³/mol. The summed E-state index contributed by atoms with van der Waals surface area (Å²) in [5.74, 6) is -3.25. The van der Waals surface area contributed by atoms with Crippen LogP contribution in [0.15, 0.2) is 0 Å². The van der Waals surface area contributed by atoms with Gasteiger partial charge in [0.2, 0.25) is 0 Å². The molecule has 1 atom stereocenters. The van der Waals surface area contributed by atoms with Crippen molar-refractivity contribution in [2.75, 3.05) is 0 Å². The fourth-order valence-corrected chi connectivity index (χ4v) is 0. The summed E-state index contributed by atoms with van der Waals surface area (Å²) in [4.78, 5) is 0. The third kappa shape index (κ3) is 32.5. The van der Waals surface area contributed by atoms with Gasteiger partial charge in [0.15, 0.2) is 0 Å². The molecule has 0 fully saturated rings. The van der Waals surface area contributed by atoms with Crippen molar-refractivity contribution >= 4 is 37.4 Å². The van der Waals surface area contributed by atoms with Crippen LogP contribution in [0.4, 0.5) is 4.20 Å². The van der Waals surface area contributed by atoms with Crippen molar-refractivity contribution in [3.63, 3.8) is 0 Å². The Balaban J connectivity index is 3.02. The van der Waals surface area contributed by atoms with Crippen LogP contribution in [-0.2, 0) is 0 Å². The van der Waals surface area contributed by atoms with Crippen molar-refractivity contribution in [2.24, 2.45) is 0 Å². The first kappa shape index (κ1) is 6.37. The maximum absolute atomic E-state index is 11.3. The summed E-state index contributed by atoms with van der Waals surface area (Å²) in [6, 6.07) is 0. The van der Waals surface area contributed by atoms with Crippen LogP contribution in [0.25, 0.3) is 0 Å². The summed E-state index contributed by atoms with van der Waals surface area (Å²) < 4.78 is 11.3. The van der Waals surface area contributed by atoms with Crippen LogP contribution in [0, 0.1) is 0 Å². The Morgan fingerprint density at radius 3 is 1.60 bits per heavy atom. The van der Waals surface area contributed by atoms with Gasteiger partial charge in [-0.25, -0.2) is 0 Å². The van der Waals surface area contributed by atoms with Crippen molar-refractivity contribution in [3.05, 3.63) is 0 Å². The van der Waals surface area contributed by atoms with E-state index in [4.69, 9.17) is 22.5 Å². The van der Waals surface area contributed by atoms with Gasteiger partial charge in [0.25, 0.3) is 0 Å². The first-order chi connectivity index (χ1) is 2.00. The van der Waals surface area contributed by atoms with E-state index < -0.39 is 5.97 Å². The van der Waals surface area contributed by atoms with Crippen LogP contribution >= 0.6 is 37.4 Å². The molecule has 0 bridgehead atoms. The summed E-state index contributed by atoms with van der Waals surface area (Å²) in [6.07, 6.45) is 0. The summed E-state index contributed by atoms with van der Waals surface area (Å²) in [7, 11) is 1.72. The van der Waals surface area contributed by atoms with Crippen LogP contribution in [0.5, 0.6) is 0 Å². The molecule has 0 saturated carbocycles. The number of hydrogen-bond donors (Lipinski definition) is 0.